The van der Waals surface area contributed by atoms with Crippen molar-refractivity contribution >= 4 is 33.9 Å². The van der Waals surface area contributed by atoms with Gasteiger partial charge in [0.1, 0.15) is 28.8 Å². The van der Waals surface area contributed by atoms with Crippen molar-refractivity contribution in [2.75, 3.05) is 26.4 Å². The van der Waals surface area contributed by atoms with Crippen LogP contribution in [0, 0.1) is 0 Å². The quantitative estimate of drug-likeness (QED) is 0.271. The molecule has 2 aliphatic rings. The Labute approximate surface area is 229 Å². The maximum Gasteiger partial charge on any atom is 0.270 e. The molecule has 7 rings (SSSR count). The molecule has 7 heterocycles. The molecule has 2 aliphatic heterocycles. The van der Waals surface area contributed by atoms with Crippen LogP contribution < -0.4 is 11.1 Å². The molecular formula is C24H22ClN9O6. The third kappa shape index (κ3) is 5.59. The second-order valence-corrected chi connectivity index (χ2v) is 8.97. The van der Waals surface area contributed by atoms with Crippen molar-refractivity contribution in [1.82, 2.24) is 43.8 Å². The molecule has 0 spiro atoms. The summed E-state index contributed by atoms with van der Waals surface area (Å²) in [5.41, 5.74) is 1.61. The number of rotatable bonds is 5. The third-order valence-corrected chi connectivity index (χ3v) is 6.24. The highest BCUT2D eigenvalue weighted by Gasteiger charge is 2.20. The molecule has 2 saturated heterocycles. The summed E-state index contributed by atoms with van der Waals surface area (Å²) in [7, 11) is 0. The fourth-order valence-electron chi connectivity index (χ4n) is 4.18. The van der Waals surface area contributed by atoms with Gasteiger partial charge in [0.2, 0.25) is 0 Å². The van der Waals surface area contributed by atoms with Crippen molar-refractivity contribution in [3.05, 3.63) is 75.2 Å². The van der Waals surface area contributed by atoms with Crippen LogP contribution in [0.2, 0.25) is 5.15 Å². The van der Waals surface area contributed by atoms with Gasteiger partial charge >= 0.3 is 0 Å². The minimum atomic E-state index is -0.444. The van der Waals surface area contributed by atoms with Gasteiger partial charge in [0.05, 0.1) is 51.9 Å². The summed E-state index contributed by atoms with van der Waals surface area (Å²) in [4.78, 5) is 44.6. The number of aromatic nitrogens is 9. The van der Waals surface area contributed by atoms with Crippen LogP contribution in [-0.4, -0.2) is 82.8 Å². The van der Waals surface area contributed by atoms with Crippen molar-refractivity contribution < 1.29 is 18.9 Å². The van der Waals surface area contributed by atoms with Crippen LogP contribution in [0.15, 0.2) is 58.9 Å². The summed E-state index contributed by atoms with van der Waals surface area (Å²) in [5.74, 6) is 0.555. The minimum absolute atomic E-state index is 0.253. The van der Waals surface area contributed by atoms with Gasteiger partial charge in [0.25, 0.3) is 11.1 Å². The van der Waals surface area contributed by atoms with Gasteiger partial charge in [-0.15, -0.1) is 0 Å². The van der Waals surface area contributed by atoms with Crippen LogP contribution in [0.5, 0.6) is 0 Å². The van der Waals surface area contributed by atoms with Crippen LogP contribution >= 0.6 is 11.6 Å². The lowest BCUT2D eigenvalue weighted by atomic mass is 10.4. The molecular weight excluding hydrogens is 546 g/mol. The van der Waals surface area contributed by atoms with Crippen molar-refractivity contribution in [3.63, 3.8) is 0 Å². The normalized spacial score (nSPS) is 16.0. The molecule has 0 aliphatic carbocycles. The first-order valence-corrected chi connectivity index (χ1v) is 12.6. The highest BCUT2D eigenvalue weighted by Crippen LogP contribution is 2.15. The molecule has 0 radical (unpaired) electrons. The van der Waals surface area contributed by atoms with E-state index in [0.29, 0.717) is 59.7 Å². The summed E-state index contributed by atoms with van der Waals surface area (Å²) in [6, 6.07) is 6.90. The van der Waals surface area contributed by atoms with Crippen molar-refractivity contribution in [1.29, 1.82) is 0 Å². The lowest BCUT2D eigenvalue weighted by molar-refractivity contribution is -0.0526. The Morgan fingerprint density at radius 2 is 1.32 bits per heavy atom. The Morgan fingerprint density at radius 3 is 1.88 bits per heavy atom. The van der Waals surface area contributed by atoms with Crippen molar-refractivity contribution in [2.45, 2.75) is 25.7 Å². The van der Waals surface area contributed by atoms with E-state index in [-0.39, 0.29) is 24.2 Å². The topological polar surface area (TPSA) is 163 Å². The molecule has 15 nitrogen and oxygen atoms in total. The Kier molecular flexibility index (Phi) is 7.52. The van der Waals surface area contributed by atoms with E-state index in [1.165, 1.54) is 38.9 Å². The highest BCUT2D eigenvalue weighted by molar-refractivity contribution is 6.29. The number of halogens is 1. The van der Waals surface area contributed by atoms with E-state index >= 15 is 0 Å². The number of ether oxygens (including phenoxy) is 4. The fourth-order valence-corrected chi connectivity index (χ4v) is 4.32. The first-order chi connectivity index (χ1) is 19.5. The second kappa shape index (κ2) is 11.5. The number of hydrogen-bond donors (Lipinski definition) is 0. The minimum Gasteiger partial charge on any atom is -0.348 e. The zero-order valence-corrected chi connectivity index (χ0v) is 21.6. The lowest BCUT2D eigenvalue weighted by Gasteiger charge is -2.13. The van der Waals surface area contributed by atoms with Gasteiger partial charge in [-0.3, -0.25) is 18.7 Å². The van der Waals surface area contributed by atoms with E-state index in [0.717, 1.165) is 0 Å². The molecule has 40 heavy (non-hydrogen) atoms. The number of pyridine rings is 2. The molecule has 16 heteroatoms. The SMILES string of the molecule is O=c1cnc2ccc(-n3cncn3)nc2n1CC1OCCO1.O=c1cnc2ccc(Cl)nc2n1CC1OCCO1. The Bertz CT molecular complexity index is 1750. The maximum atomic E-state index is 12.1. The van der Waals surface area contributed by atoms with Crippen LogP contribution in [0.3, 0.4) is 0 Å². The molecule has 0 bridgehead atoms. The van der Waals surface area contributed by atoms with Gasteiger partial charge in [0, 0.05) is 0 Å². The summed E-state index contributed by atoms with van der Waals surface area (Å²) in [5, 5.41) is 4.35. The first kappa shape index (κ1) is 26.1. The molecule has 206 valence electrons. The van der Waals surface area contributed by atoms with Crippen molar-refractivity contribution in [2.24, 2.45) is 0 Å². The van der Waals surface area contributed by atoms with Crippen LogP contribution in [-0.2, 0) is 32.0 Å². The number of nitrogens with zero attached hydrogens (tertiary/aromatic N) is 9. The maximum absolute atomic E-state index is 12.1. The average Bonchev–Trinajstić information content (AvgIpc) is 3.77. The van der Waals surface area contributed by atoms with Gasteiger partial charge in [-0.05, 0) is 24.3 Å². The summed E-state index contributed by atoms with van der Waals surface area (Å²) < 4.78 is 25.9. The zero-order valence-electron chi connectivity index (χ0n) is 20.9. The van der Waals surface area contributed by atoms with Gasteiger partial charge < -0.3 is 18.9 Å². The van der Waals surface area contributed by atoms with E-state index in [9.17, 15) is 9.59 Å². The third-order valence-electron chi connectivity index (χ3n) is 6.03. The van der Waals surface area contributed by atoms with Gasteiger partial charge in [-0.25, -0.2) is 29.6 Å². The Hall–Kier alpha value is -4.15. The summed E-state index contributed by atoms with van der Waals surface area (Å²) >= 11 is 5.84. The van der Waals surface area contributed by atoms with E-state index in [4.69, 9.17) is 30.5 Å². The summed E-state index contributed by atoms with van der Waals surface area (Å²) in [6.07, 6.45) is 4.62. The first-order valence-electron chi connectivity index (χ1n) is 12.3. The standard InChI is InChI=1S/C13H12N6O3.C11H10ClN3O3/c20-11-5-15-9-1-2-10(19-8-14-7-16-19)17-13(9)18(11)6-12-21-3-4-22-12;12-8-2-1-7-11(14-8)15(9(16)5-13-7)6-10-17-3-4-18-10/h1-2,5,7-8,12H,3-4,6H2;1-2,5,10H,3-4,6H2. The average molecular weight is 568 g/mol. The molecule has 0 atom stereocenters. The molecule has 0 N–H and O–H groups in total. The van der Waals surface area contributed by atoms with E-state index in [1.807, 2.05) is 0 Å². The van der Waals surface area contributed by atoms with E-state index in [2.05, 4.69) is 30.0 Å². The lowest BCUT2D eigenvalue weighted by Crippen LogP contribution is -2.28. The smallest absolute Gasteiger partial charge is 0.270 e. The monoisotopic (exact) mass is 567 g/mol. The summed E-state index contributed by atoms with van der Waals surface area (Å²) in [6.45, 7) is 2.68. The number of fused-ring (bicyclic) bond motifs is 2. The second-order valence-electron chi connectivity index (χ2n) is 8.59. The van der Waals surface area contributed by atoms with E-state index < -0.39 is 12.6 Å². The predicted molar refractivity (Wildman–Crippen MR) is 139 cm³/mol. The van der Waals surface area contributed by atoms with Gasteiger partial charge in [-0.2, -0.15) is 5.10 Å². The Morgan fingerprint density at radius 1 is 0.775 bits per heavy atom. The van der Waals surface area contributed by atoms with E-state index in [1.54, 1.807) is 24.3 Å². The van der Waals surface area contributed by atoms with Crippen LogP contribution in [0.1, 0.15) is 0 Å². The van der Waals surface area contributed by atoms with Crippen LogP contribution in [0.25, 0.3) is 28.1 Å². The van der Waals surface area contributed by atoms with Gasteiger partial charge in [0.15, 0.2) is 29.7 Å². The zero-order chi connectivity index (χ0) is 27.5. The predicted octanol–water partition coefficient (Wildman–Crippen LogP) is 0.563. The number of hydrogen-bond acceptors (Lipinski definition) is 12. The molecule has 5 aromatic rings. The molecule has 0 amide bonds. The highest BCUT2D eigenvalue weighted by atomic mass is 35.5. The van der Waals surface area contributed by atoms with Crippen molar-refractivity contribution in [3.8, 4) is 5.82 Å². The van der Waals surface area contributed by atoms with Gasteiger partial charge in [-0.1, -0.05) is 11.6 Å². The molecule has 2 fully saturated rings. The Balaban J connectivity index is 0.000000148. The molecule has 0 unspecified atom stereocenters. The molecule has 0 aromatic carbocycles. The largest absolute Gasteiger partial charge is 0.348 e. The molecule has 0 saturated carbocycles. The van der Waals surface area contributed by atoms with Crippen LogP contribution in [0.4, 0.5) is 0 Å². The fraction of sp³-hybridized carbons (Fsp3) is 0.333. The molecule has 5 aromatic heterocycles.